The van der Waals surface area contributed by atoms with Crippen molar-refractivity contribution in [3.63, 3.8) is 0 Å². The van der Waals surface area contributed by atoms with E-state index >= 15 is 0 Å². The Kier molecular flexibility index (Phi) is 3.76. The molecule has 0 heterocycles. The van der Waals surface area contributed by atoms with Gasteiger partial charge in [0.15, 0.2) is 0 Å². The number of ether oxygens (including phenoxy) is 1. The molecule has 1 unspecified atom stereocenters. The van der Waals surface area contributed by atoms with Crippen LogP contribution in [0.25, 0.3) is 0 Å². The molecule has 1 atom stereocenters. The molecule has 2 heteroatoms. The van der Waals surface area contributed by atoms with Gasteiger partial charge in [-0.2, -0.15) is 0 Å². The maximum absolute atomic E-state index is 5.46. The molecule has 0 aromatic rings. The lowest BCUT2D eigenvalue weighted by molar-refractivity contribution is 0.162. The van der Waals surface area contributed by atoms with Gasteiger partial charge in [0.25, 0.3) is 0 Å². The average Bonchev–Trinajstić information content (AvgIpc) is 2.51. The van der Waals surface area contributed by atoms with Crippen LogP contribution in [0.4, 0.5) is 0 Å². The number of hydrogen-bond acceptors (Lipinski definition) is 1. The van der Waals surface area contributed by atoms with Gasteiger partial charge in [-0.15, -0.1) is 0 Å². The minimum absolute atomic E-state index is 0.513. The molecule has 0 N–H and O–H groups in total. The Morgan fingerprint density at radius 3 is 2.75 bits per heavy atom. The van der Waals surface area contributed by atoms with Crippen LogP contribution in [0, 0.1) is 0 Å². The highest BCUT2D eigenvalue weighted by Gasteiger charge is 2.14. The summed E-state index contributed by atoms with van der Waals surface area (Å²) in [5.74, 6) is 0. The zero-order valence-corrected chi connectivity index (χ0v) is 9.36. The van der Waals surface area contributed by atoms with Gasteiger partial charge in [-0.3, -0.25) is 0 Å². The van der Waals surface area contributed by atoms with Crippen molar-refractivity contribution in [1.82, 2.24) is 0 Å². The topological polar surface area (TPSA) is 9.23 Å². The lowest BCUT2D eigenvalue weighted by Gasteiger charge is -2.17. The Morgan fingerprint density at radius 2 is 2.33 bits per heavy atom. The summed E-state index contributed by atoms with van der Waals surface area (Å²) in [6.07, 6.45) is 8.97. The predicted octanol–water partition coefficient (Wildman–Crippen LogP) is 2.30. The maximum atomic E-state index is 5.46. The Balaban J connectivity index is 2.41. The normalized spacial score (nSPS) is 18.5. The van der Waals surface area contributed by atoms with Gasteiger partial charge in [-0.1, -0.05) is 31.3 Å². The molecule has 1 nitrogen and oxygen atoms in total. The molecule has 1 aliphatic rings. The first-order valence-corrected chi connectivity index (χ1v) is 7.60. The number of rotatable bonds is 4. The summed E-state index contributed by atoms with van der Waals surface area (Å²) in [5.41, 5.74) is 1.97. The van der Waals surface area contributed by atoms with Crippen molar-refractivity contribution in [1.29, 1.82) is 0 Å². The lowest BCUT2D eigenvalue weighted by atomic mass is 10.2. The van der Waals surface area contributed by atoms with Crippen LogP contribution in [0.1, 0.15) is 12.8 Å². The van der Waals surface area contributed by atoms with Crippen LogP contribution in [0.3, 0.4) is 0 Å². The maximum Gasteiger partial charge on any atom is 0.0660 e. The van der Waals surface area contributed by atoms with Crippen molar-refractivity contribution in [2.45, 2.75) is 31.7 Å². The van der Waals surface area contributed by atoms with Crippen molar-refractivity contribution in [3.8, 4) is 0 Å². The largest absolute Gasteiger partial charge is 0.385 e. The Labute approximate surface area is 76.7 Å². The van der Waals surface area contributed by atoms with Crippen molar-refractivity contribution < 1.29 is 4.74 Å². The standard InChI is InChI=1S/C10H18OSi/c1-11-10(12(2)3)8-9-6-4-5-7-9/h4,6-7,10,12H,5,8H2,1-3H3. The van der Waals surface area contributed by atoms with E-state index < -0.39 is 8.80 Å². The SMILES string of the molecule is COC(CC1=CCC=C1)[SiH](C)C. The van der Waals surface area contributed by atoms with Crippen LogP contribution in [0.2, 0.25) is 13.1 Å². The van der Waals surface area contributed by atoms with Crippen LogP contribution in [0.5, 0.6) is 0 Å². The monoisotopic (exact) mass is 182 g/mol. The van der Waals surface area contributed by atoms with Gasteiger partial charge in [-0.25, -0.2) is 0 Å². The fourth-order valence-corrected chi connectivity index (χ4v) is 2.77. The Hall–Kier alpha value is -0.343. The summed E-state index contributed by atoms with van der Waals surface area (Å²) in [4.78, 5) is 0. The zero-order chi connectivity index (χ0) is 8.97. The second-order valence-electron chi connectivity index (χ2n) is 3.64. The third-order valence-corrected chi connectivity index (χ3v) is 4.33. The molecule has 0 aromatic heterocycles. The summed E-state index contributed by atoms with van der Waals surface area (Å²) in [5, 5.41) is 0. The first kappa shape index (κ1) is 9.74. The van der Waals surface area contributed by atoms with Gasteiger partial charge in [0.05, 0.1) is 8.80 Å². The molecule has 0 bridgehead atoms. The quantitative estimate of drug-likeness (QED) is 0.606. The molecule has 0 fully saturated rings. The Bertz CT molecular complexity index is 194. The van der Waals surface area contributed by atoms with Crippen LogP contribution < -0.4 is 0 Å². The van der Waals surface area contributed by atoms with E-state index in [9.17, 15) is 0 Å². The Morgan fingerprint density at radius 1 is 1.58 bits per heavy atom. The van der Waals surface area contributed by atoms with Gasteiger partial charge in [-0.05, 0) is 18.4 Å². The molecule has 0 saturated heterocycles. The van der Waals surface area contributed by atoms with E-state index in [4.69, 9.17) is 4.74 Å². The molecule has 68 valence electrons. The van der Waals surface area contributed by atoms with E-state index in [1.54, 1.807) is 0 Å². The van der Waals surface area contributed by atoms with E-state index in [0.717, 1.165) is 12.8 Å². The van der Waals surface area contributed by atoms with Crippen LogP contribution >= 0.6 is 0 Å². The molecule has 0 amide bonds. The summed E-state index contributed by atoms with van der Waals surface area (Å²) >= 11 is 0. The molecule has 12 heavy (non-hydrogen) atoms. The third-order valence-electron chi connectivity index (χ3n) is 2.33. The molecule has 0 radical (unpaired) electrons. The van der Waals surface area contributed by atoms with Crippen LogP contribution in [0.15, 0.2) is 23.8 Å². The van der Waals surface area contributed by atoms with E-state index in [1.807, 2.05) is 7.11 Å². The summed E-state index contributed by atoms with van der Waals surface area (Å²) < 4.78 is 5.46. The molecule has 0 aromatic carbocycles. The van der Waals surface area contributed by atoms with Crippen LogP contribution in [-0.2, 0) is 4.74 Å². The van der Waals surface area contributed by atoms with E-state index in [1.165, 1.54) is 5.57 Å². The molecule has 1 rings (SSSR count). The van der Waals surface area contributed by atoms with Crippen molar-refractivity contribution in [2.75, 3.05) is 7.11 Å². The highest BCUT2D eigenvalue weighted by molar-refractivity contribution is 6.57. The zero-order valence-electron chi connectivity index (χ0n) is 8.21. The number of allylic oxidation sites excluding steroid dienone is 3. The summed E-state index contributed by atoms with van der Waals surface area (Å²) in [6.45, 7) is 4.68. The smallest absolute Gasteiger partial charge is 0.0660 e. The number of hydrogen-bond donors (Lipinski definition) is 0. The summed E-state index contributed by atoms with van der Waals surface area (Å²) in [7, 11) is 1.19. The van der Waals surface area contributed by atoms with Crippen molar-refractivity contribution in [3.05, 3.63) is 23.8 Å². The van der Waals surface area contributed by atoms with E-state index in [2.05, 4.69) is 31.3 Å². The first-order chi connectivity index (χ1) is 5.74. The molecule has 0 aliphatic heterocycles. The van der Waals surface area contributed by atoms with Gasteiger partial charge in [0, 0.05) is 12.8 Å². The highest BCUT2D eigenvalue weighted by Crippen LogP contribution is 2.17. The van der Waals surface area contributed by atoms with Gasteiger partial charge in [0.2, 0.25) is 0 Å². The second-order valence-corrected chi connectivity index (χ2v) is 6.87. The molecule has 0 saturated carbocycles. The van der Waals surface area contributed by atoms with Crippen molar-refractivity contribution >= 4 is 8.80 Å². The second kappa shape index (κ2) is 4.63. The van der Waals surface area contributed by atoms with E-state index in [-0.39, 0.29) is 0 Å². The fraction of sp³-hybridized carbons (Fsp3) is 0.600. The van der Waals surface area contributed by atoms with Gasteiger partial charge < -0.3 is 4.74 Å². The van der Waals surface area contributed by atoms with Crippen molar-refractivity contribution in [2.24, 2.45) is 0 Å². The third kappa shape index (κ3) is 2.61. The minimum atomic E-state index is -0.639. The molecule has 0 spiro atoms. The molecular formula is C10H18OSi. The predicted molar refractivity (Wildman–Crippen MR) is 56.1 cm³/mol. The van der Waals surface area contributed by atoms with Gasteiger partial charge in [0.1, 0.15) is 0 Å². The summed E-state index contributed by atoms with van der Waals surface area (Å²) in [6, 6.07) is 0. The fourth-order valence-electron chi connectivity index (χ4n) is 1.48. The number of methoxy groups -OCH3 is 1. The molecular weight excluding hydrogens is 164 g/mol. The van der Waals surface area contributed by atoms with E-state index in [0.29, 0.717) is 5.73 Å². The lowest BCUT2D eigenvalue weighted by Crippen LogP contribution is -2.26. The highest BCUT2D eigenvalue weighted by atomic mass is 28.3. The van der Waals surface area contributed by atoms with Gasteiger partial charge >= 0.3 is 0 Å². The molecule has 1 aliphatic carbocycles. The minimum Gasteiger partial charge on any atom is -0.385 e. The van der Waals surface area contributed by atoms with Crippen LogP contribution in [-0.4, -0.2) is 21.6 Å². The average molecular weight is 182 g/mol. The first-order valence-electron chi connectivity index (χ1n) is 4.62.